The van der Waals surface area contributed by atoms with E-state index in [1.165, 1.54) is 11.1 Å². The Balaban J connectivity index is 1.63. The second-order valence-corrected chi connectivity index (χ2v) is 6.66. The summed E-state index contributed by atoms with van der Waals surface area (Å²) in [4.78, 5) is 25.6. The number of carbonyl (C=O) groups excluding carboxylic acids is 1. The first kappa shape index (κ1) is 17.2. The largest absolute Gasteiger partial charge is 0.478 e. The van der Waals surface area contributed by atoms with Crippen molar-refractivity contribution in [3.8, 4) is 0 Å². The number of carboxylic acids is 1. The lowest BCUT2D eigenvalue weighted by Crippen LogP contribution is -2.30. The minimum atomic E-state index is -0.930. The Morgan fingerprint density at radius 3 is 2.60 bits per heavy atom. The summed E-state index contributed by atoms with van der Waals surface area (Å²) in [5, 5.41) is 8.93. The maximum absolute atomic E-state index is 12.7. The first-order chi connectivity index (χ1) is 12.0. The molecule has 1 saturated heterocycles. The molecule has 0 aliphatic carbocycles. The summed E-state index contributed by atoms with van der Waals surface area (Å²) in [6.07, 6.45) is 3.14. The Morgan fingerprint density at radius 1 is 1.16 bits per heavy atom. The van der Waals surface area contributed by atoms with E-state index in [0.29, 0.717) is 12.8 Å². The van der Waals surface area contributed by atoms with E-state index in [4.69, 9.17) is 5.11 Å². The van der Waals surface area contributed by atoms with Crippen molar-refractivity contribution in [3.05, 3.63) is 70.8 Å². The Bertz CT molecular complexity index is 767. The van der Waals surface area contributed by atoms with Crippen LogP contribution in [0.1, 0.15) is 52.4 Å². The van der Waals surface area contributed by atoms with E-state index in [0.717, 1.165) is 24.9 Å². The SMILES string of the molecule is Cc1cccc(C2CCCN2C(=O)CCc2ccc(C(=O)O)cc2)c1. The van der Waals surface area contributed by atoms with E-state index >= 15 is 0 Å². The number of amides is 1. The van der Waals surface area contributed by atoms with Crippen molar-refractivity contribution < 1.29 is 14.7 Å². The first-order valence-corrected chi connectivity index (χ1v) is 8.73. The minimum absolute atomic E-state index is 0.173. The molecule has 1 N–H and O–H groups in total. The zero-order valence-electron chi connectivity index (χ0n) is 14.4. The third-order valence-electron chi connectivity index (χ3n) is 4.83. The zero-order chi connectivity index (χ0) is 17.8. The third kappa shape index (κ3) is 4.08. The molecule has 4 nitrogen and oxygen atoms in total. The lowest BCUT2D eigenvalue weighted by Gasteiger charge is -2.25. The average Bonchev–Trinajstić information content (AvgIpc) is 3.10. The molecule has 4 heteroatoms. The summed E-state index contributed by atoms with van der Waals surface area (Å²) in [6, 6.07) is 15.3. The molecule has 1 unspecified atom stereocenters. The summed E-state index contributed by atoms with van der Waals surface area (Å²) >= 11 is 0. The molecule has 1 heterocycles. The summed E-state index contributed by atoms with van der Waals surface area (Å²) in [7, 11) is 0. The van der Waals surface area contributed by atoms with Gasteiger partial charge in [0.1, 0.15) is 0 Å². The topological polar surface area (TPSA) is 57.6 Å². The van der Waals surface area contributed by atoms with Gasteiger partial charge in [0.25, 0.3) is 0 Å². The second-order valence-electron chi connectivity index (χ2n) is 6.66. The van der Waals surface area contributed by atoms with Gasteiger partial charge in [-0.15, -0.1) is 0 Å². The van der Waals surface area contributed by atoms with E-state index in [2.05, 4.69) is 31.2 Å². The van der Waals surface area contributed by atoms with E-state index in [9.17, 15) is 9.59 Å². The van der Waals surface area contributed by atoms with Gasteiger partial charge in [0, 0.05) is 13.0 Å². The summed E-state index contributed by atoms with van der Waals surface area (Å²) < 4.78 is 0. The molecule has 1 aliphatic rings. The fourth-order valence-corrected chi connectivity index (χ4v) is 3.50. The van der Waals surface area contributed by atoms with Gasteiger partial charge in [-0.1, -0.05) is 42.0 Å². The van der Waals surface area contributed by atoms with Crippen molar-refractivity contribution in [2.45, 2.75) is 38.6 Å². The van der Waals surface area contributed by atoms with Gasteiger partial charge < -0.3 is 10.0 Å². The molecule has 1 amide bonds. The molecule has 1 atom stereocenters. The summed E-state index contributed by atoms with van der Waals surface area (Å²) in [5.41, 5.74) is 3.70. The maximum Gasteiger partial charge on any atom is 0.335 e. The van der Waals surface area contributed by atoms with Crippen LogP contribution in [0, 0.1) is 6.92 Å². The van der Waals surface area contributed by atoms with Crippen molar-refractivity contribution in [1.29, 1.82) is 0 Å². The van der Waals surface area contributed by atoms with Gasteiger partial charge in [0.05, 0.1) is 11.6 Å². The molecule has 0 bridgehead atoms. The van der Waals surface area contributed by atoms with Crippen LogP contribution in [0.25, 0.3) is 0 Å². The average molecular weight is 337 g/mol. The number of nitrogens with zero attached hydrogens (tertiary/aromatic N) is 1. The van der Waals surface area contributed by atoms with Crippen LogP contribution in [-0.2, 0) is 11.2 Å². The number of aromatic carboxylic acids is 1. The molecule has 0 aromatic heterocycles. The molecule has 0 saturated carbocycles. The van der Waals surface area contributed by atoms with Gasteiger partial charge in [-0.3, -0.25) is 4.79 Å². The molecular formula is C21H23NO3. The zero-order valence-corrected chi connectivity index (χ0v) is 14.4. The summed E-state index contributed by atoms with van der Waals surface area (Å²) in [5.74, 6) is -0.757. The fraction of sp³-hybridized carbons (Fsp3) is 0.333. The number of likely N-dealkylation sites (tertiary alicyclic amines) is 1. The number of rotatable bonds is 5. The van der Waals surface area contributed by atoms with Crippen molar-refractivity contribution in [2.24, 2.45) is 0 Å². The predicted octanol–water partition coefficient (Wildman–Crippen LogP) is 3.99. The predicted molar refractivity (Wildman–Crippen MR) is 96.6 cm³/mol. The second kappa shape index (κ2) is 7.51. The smallest absolute Gasteiger partial charge is 0.335 e. The van der Waals surface area contributed by atoms with Crippen LogP contribution in [0.15, 0.2) is 48.5 Å². The number of carboxylic acid groups (broad SMARTS) is 1. The van der Waals surface area contributed by atoms with Crippen molar-refractivity contribution in [1.82, 2.24) is 4.90 Å². The monoisotopic (exact) mass is 337 g/mol. The fourth-order valence-electron chi connectivity index (χ4n) is 3.50. The van der Waals surface area contributed by atoms with E-state index in [1.54, 1.807) is 24.3 Å². The Labute approximate surface area is 148 Å². The van der Waals surface area contributed by atoms with Gasteiger partial charge >= 0.3 is 5.97 Å². The highest BCUT2D eigenvalue weighted by Crippen LogP contribution is 2.32. The van der Waals surface area contributed by atoms with E-state index in [-0.39, 0.29) is 17.5 Å². The molecule has 2 aromatic rings. The van der Waals surface area contributed by atoms with Crippen LogP contribution in [-0.4, -0.2) is 28.4 Å². The highest BCUT2D eigenvalue weighted by atomic mass is 16.4. The van der Waals surface area contributed by atoms with E-state index in [1.807, 2.05) is 4.90 Å². The quantitative estimate of drug-likeness (QED) is 0.897. The van der Waals surface area contributed by atoms with Gasteiger partial charge in [0.15, 0.2) is 0 Å². The van der Waals surface area contributed by atoms with Crippen LogP contribution >= 0.6 is 0 Å². The van der Waals surface area contributed by atoms with Crippen LogP contribution in [0.5, 0.6) is 0 Å². The number of aryl methyl sites for hydroxylation is 2. The number of hydrogen-bond donors (Lipinski definition) is 1. The first-order valence-electron chi connectivity index (χ1n) is 8.73. The van der Waals surface area contributed by atoms with Crippen molar-refractivity contribution in [2.75, 3.05) is 6.54 Å². The van der Waals surface area contributed by atoms with Crippen LogP contribution in [0.2, 0.25) is 0 Å². The van der Waals surface area contributed by atoms with Gasteiger partial charge in [0.2, 0.25) is 5.91 Å². The van der Waals surface area contributed by atoms with Crippen LogP contribution in [0.4, 0.5) is 0 Å². The Hall–Kier alpha value is -2.62. The Kier molecular flexibility index (Phi) is 5.17. The maximum atomic E-state index is 12.7. The molecule has 2 aromatic carbocycles. The third-order valence-corrected chi connectivity index (χ3v) is 4.83. The molecule has 1 fully saturated rings. The van der Waals surface area contributed by atoms with Crippen molar-refractivity contribution >= 4 is 11.9 Å². The summed E-state index contributed by atoms with van der Waals surface area (Å²) in [6.45, 7) is 2.89. The van der Waals surface area contributed by atoms with E-state index < -0.39 is 5.97 Å². The Morgan fingerprint density at radius 2 is 1.92 bits per heavy atom. The molecule has 25 heavy (non-hydrogen) atoms. The highest BCUT2D eigenvalue weighted by molar-refractivity contribution is 5.87. The molecule has 3 rings (SSSR count). The molecule has 0 radical (unpaired) electrons. The van der Waals surface area contributed by atoms with Crippen molar-refractivity contribution in [3.63, 3.8) is 0 Å². The molecule has 130 valence electrons. The minimum Gasteiger partial charge on any atom is -0.478 e. The molecular weight excluding hydrogens is 314 g/mol. The van der Waals surface area contributed by atoms with Gasteiger partial charge in [-0.25, -0.2) is 4.79 Å². The van der Waals surface area contributed by atoms with Gasteiger partial charge in [-0.05, 0) is 49.4 Å². The lowest BCUT2D eigenvalue weighted by atomic mass is 10.0. The van der Waals surface area contributed by atoms with Gasteiger partial charge in [-0.2, -0.15) is 0 Å². The number of carbonyl (C=O) groups is 2. The molecule has 0 spiro atoms. The lowest BCUT2D eigenvalue weighted by molar-refractivity contribution is -0.132. The highest BCUT2D eigenvalue weighted by Gasteiger charge is 2.29. The normalized spacial score (nSPS) is 16.8. The van der Waals surface area contributed by atoms with Crippen LogP contribution in [0.3, 0.4) is 0 Å². The van der Waals surface area contributed by atoms with Crippen LogP contribution < -0.4 is 0 Å². The number of benzene rings is 2. The molecule has 1 aliphatic heterocycles. The number of hydrogen-bond acceptors (Lipinski definition) is 2. The standard InChI is InChI=1S/C21H23NO3/c1-15-4-2-5-18(14-15)19-6-3-13-22(19)20(23)12-9-16-7-10-17(11-8-16)21(24)25/h2,4-5,7-8,10-11,14,19H,3,6,9,12-13H2,1H3,(H,24,25).